The highest BCUT2D eigenvalue weighted by Crippen LogP contribution is 2.25. The molecular weight excluding hydrogens is 196 g/mol. The van der Waals surface area contributed by atoms with Crippen LogP contribution in [0, 0.1) is 19.8 Å². The third-order valence-electron chi connectivity index (χ3n) is 3.26. The van der Waals surface area contributed by atoms with Gasteiger partial charge in [0.1, 0.15) is 0 Å². The normalized spacial score (nSPS) is 13.1. The predicted octanol–water partition coefficient (Wildman–Crippen LogP) is 4.16. The highest BCUT2D eigenvalue weighted by Gasteiger charge is 2.11. The third kappa shape index (κ3) is 3.64. The van der Waals surface area contributed by atoms with E-state index in [9.17, 15) is 5.11 Å². The highest BCUT2D eigenvalue weighted by molar-refractivity contribution is 5.34. The monoisotopic (exact) mass is 220 g/mol. The molecule has 16 heavy (non-hydrogen) atoms. The van der Waals surface area contributed by atoms with E-state index in [1.807, 2.05) is 12.1 Å². The van der Waals surface area contributed by atoms with Crippen LogP contribution in [-0.2, 0) is 0 Å². The summed E-state index contributed by atoms with van der Waals surface area (Å²) in [5.41, 5.74) is 3.60. The summed E-state index contributed by atoms with van der Waals surface area (Å²) in [7, 11) is 0. The molecule has 0 spiro atoms. The van der Waals surface area contributed by atoms with Crippen LogP contribution in [0.1, 0.15) is 55.9 Å². The number of aryl methyl sites for hydroxylation is 1. The largest absolute Gasteiger partial charge is 0.388 e. The van der Waals surface area contributed by atoms with E-state index in [0.717, 1.165) is 24.3 Å². The summed E-state index contributed by atoms with van der Waals surface area (Å²) in [6.07, 6.45) is 2.88. The van der Waals surface area contributed by atoms with Crippen LogP contribution in [0.5, 0.6) is 0 Å². The summed E-state index contributed by atoms with van der Waals surface area (Å²) in [5.74, 6) is 0.728. The van der Waals surface area contributed by atoms with Gasteiger partial charge in [-0.1, -0.05) is 44.9 Å². The van der Waals surface area contributed by atoms with E-state index < -0.39 is 0 Å². The Labute approximate surface area is 99.5 Å². The molecule has 0 radical (unpaired) electrons. The van der Waals surface area contributed by atoms with Gasteiger partial charge in [-0.15, -0.1) is 0 Å². The second-order valence-electron chi connectivity index (χ2n) is 5.13. The summed E-state index contributed by atoms with van der Waals surface area (Å²) in [6, 6.07) is 6.17. The van der Waals surface area contributed by atoms with Crippen molar-refractivity contribution < 1.29 is 5.11 Å². The molecule has 1 heteroatoms. The minimum Gasteiger partial charge on any atom is -0.388 e. The van der Waals surface area contributed by atoms with Gasteiger partial charge in [0.25, 0.3) is 0 Å². The molecule has 1 rings (SSSR count). The maximum Gasteiger partial charge on any atom is 0.0792 e. The van der Waals surface area contributed by atoms with Crippen LogP contribution in [0.25, 0.3) is 0 Å². The maximum atomic E-state index is 10.1. The van der Waals surface area contributed by atoms with Gasteiger partial charge in [0.2, 0.25) is 0 Å². The van der Waals surface area contributed by atoms with Gasteiger partial charge >= 0.3 is 0 Å². The maximum absolute atomic E-state index is 10.1. The molecule has 0 amide bonds. The molecule has 0 bridgehead atoms. The lowest BCUT2D eigenvalue weighted by Crippen LogP contribution is -2.02. The van der Waals surface area contributed by atoms with Crippen molar-refractivity contribution in [3.05, 3.63) is 34.9 Å². The third-order valence-corrected chi connectivity index (χ3v) is 3.26. The van der Waals surface area contributed by atoms with E-state index >= 15 is 0 Å². The number of rotatable bonds is 5. The molecule has 0 saturated carbocycles. The quantitative estimate of drug-likeness (QED) is 0.790. The molecule has 0 fully saturated rings. The van der Waals surface area contributed by atoms with Crippen molar-refractivity contribution in [3.8, 4) is 0 Å². The molecule has 0 aromatic heterocycles. The van der Waals surface area contributed by atoms with E-state index in [1.165, 1.54) is 17.5 Å². The van der Waals surface area contributed by atoms with Gasteiger partial charge in [0, 0.05) is 0 Å². The number of aliphatic hydroxyl groups is 1. The van der Waals surface area contributed by atoms with Crippen LogP contribution in [0.3, 0.4) is 0 Å². The van der Waals surface area contributed by atoms with E-state index in [1.54, 1.807) is 0 Å². The first kappa shape index (κ1) is 13.2. The average molecular weight is 220 g/mol. The van der Waals surface area contributed by atoms with Gasteiger partial charge in [-0.05, 0) is 42.9 Å². The van der Waals surface area contributed by atoms with E-state index in [2.05, 4.69) is 33.8 Å². The Morgan fingerprint density at radius 3 is 2.44 bits per heavy atom. The summed E-state index contributed by atoms with van der Waals surface area (Å²) >= 11 is 0. The Bertz CT molecular complexity index is 328. The first-order valence-electron chi connectivity index (χ1n) is 6.26. The molecule has 90 valence electrons. The van der Waals surface area contributed by atoms with Crippen molar-refractivity contribution in [2.45, 2.75) is 53.1 Å². The molecule has 1 unspecified atom stereocenters. The Kier molecular flexibility index (Phi) is 5.01. The summed E-state index contributed by atoms with van der Waals surface area (Å²) in [6.45, 7) is 8.64. The summed E-state index contributed by atoms with van der Waals surface area (Å²) < 4.78 is 0. The molecule has 1 aromatic carbocycles. The zero-order valence-corrected chi connectivity index (χ0v) is 11.0. The molecule has 0 aliphatic heterocycles. The standard InChI is InChI=1S/C15H24O/c1-11(2)7-5-10-15(16)14-9-6-8-12(3)13(14)4/h6,8-9,11,15-16H,5,7,10H2,1-4H3. The van der Waals surface area contributed by atoms with E-state index in [-0.39, 0.29) is 6.10 Å². The van der Waals surface area contributed by atoms with Crippen molar-refractivity contribution in [1.82, 2.24) is 0 Å². The van der Waals surface area contributed by atoms with Crippen molar-refractivity contribution in [3.63, 3.8) is 0 Å². The molecule has 0 aliphatic carbocycles. The number of benzene rings is 1. The van der Waals surface area contributed by atoms with Gasteiger partial charge in [0.05, 0.1) is 6.10 Å². The fourth-order valence-electron chi connectivity index (χ4n) is 2.01. The number of aliphatic hydroxyl groups excluding tert-OH is 1. The fourth-order valence-corrected chi connectivity index (χ4v) is 2.01. The van der Waals surface area contributed by atoms with Crippen molar-refractivity contribution >= 4 is 0 Å². The lowest BCUT2D eigenvalue weighted by molar-refractivity contribution is 0.161. The molecule has 0 saturated heterocycles. The van der Waals surface area contributed by atoms with Crippen LogP contribution < -0.4 is 0 Å². The van der Waals surface area contributed by atoms with E-state index in [4.69, 9.17) is 0 Å². The second kappa shape index (κ2) is 6.05. The van der Waals surface area contributed by atoms with Gasteiger partial charge in [-0.25, -0.2) is 0 Å². The lowest BCUT2D eigenvalue weighted by Gasteiger charge is -2.15. The molecule has 1 aromatic rings. The topological polar surface area (TPSA) is 20.2 Å². The van der Waals surface area contributed by atoms with Gasteiger partial charge in [0.15, 0.2) is 0 Å². The zero-order valence-electron chi connectivity index (χ0n) is 11.0. The van der Waals surface area contributed by atoms with Crippen LogP contribution in [0.2, 0.25) is 0 Å². The molecule has 0 heterocycles. The first-order valence-corrected chi connectivity index (χ1v) is 6.26. The Balaban J connectivity index is 2.59. The Morgan fingerprint density at radius 1 is 1.12 bits per heavy atom. The van der Waals surface area contributed by atoms with Crippen LogP contribution in [0.15, 0.2) is 18.2 Å². The number of hydrogen-bond donors (Lipinski definition) is 1. The molecule has 1 N–H and O–H groups in total. The summed E-state index contributed by atoms with van der Waals surface area (Å²) in [4.78, 5) is 0. The van der Waals surface area contributed by atoms with Crippen molar-refractivity contribution in [1.29, 1.82) is 0 Å². The van der Waals surface area contributed by atoms with Crippen LogP contribution in [-0.4, -0.2) is 5.11 Å². The van der Waals surface area contributed by atoms with Crippen molar-refractivity contribution in [2.24, 2.45) is 5.92 Å². The first-order chi connectivity index (χ1) is 7.52. The van der Waals surface area contributed by atoms with Crippen LogP contribution in [0.4, 0.5) is 0 Å². The summed E-state index contributed by atoms with van der Waals surface area (Å²) in [5, 5.41) is 10.1. The minimum absolute atomic E-state index is 0.293. The average Bonchev–Trinajstić information content (AvgIpc) is 2.21. The zero-order chi connectivity index (χ0) is 12.1. The predicted molar refractivity (Wildman–Crippen MR) is 69.6 cm³/mol. The van der Waals surface area contributed by atoms with Crippen LogP contribution >= 0.6 is 0 Å². The fraction of sp³-hybridized carbons (Fsp3) is 0.600. The SMILES string of the molecule is Cc1cccc(C(O)CCCC(C)C)c1C. The lowest BCUT2D eigenvalue weighted by atomic mass is 9.95. The van der Waals surface area contributed by atoms with Gasteiger partial charge in [-0.2, -0.15) is 0 Å². The van der Waals surface area contributed by atoms with Crippen molar-refractivity contribution in [2.75, 3.05) is 0 Å². The van der Waals surface area contributed by atoms with Gasteiger partial charge in [-0.3, -0.25) is 0 Å². The number of hydrogen-bond acceptors (Lipinski definition) is 1. The highest BCUT2D eigenvalue weighted by atomic mass is 16.3. The second-order valence-corrected chi connectivity index (χ2v) is 5.13. The molecule has 1 nitrogen and oxygen atoms in total. The molecule has 1 atom stereocenters. The minimum atomic E-state index is -0.293. The molecule has 0 aliphatic rings. The smallest absolute Gasteiger partial charge is 0.0792 e. The Morgan fingerprint density at radius 2 is 1.81 bits per heavy atom. The van der Waals surface area contributed by atoms with E-state index in [0.29, 0.717) is 0 Å². The molecular formula is C15H24O. The Hall–Kier alpha value is -0.820. The van der Waals surface area contributed by atoms with Gasteiger partial charge < -0.3 is 5.11 Å².